The summed E-state index contributed by atoms with van der Waals surface area (Å²) in [5, 5.41) is 0. The summed E-state index contributed by atoms with van der Waals surface area (Å²) < 4.78 is 31.4. The highest BCUT2D eigenvalue weighted by Crippen LogP contribution is 2.32. The quantitative estimate of drug-likeness (QED) is 0.560. The summed E-state index contributed by atoms with van der Waals surface area (Å²) in [4.78, 5) is 52.7. The fraction of sp³-hybridized carbons (Fsp3) is 0.545. The van der Waals surface area contributed by atoms with Crippen molar-refractivity contribution < 1.29 is 32.3 Å². The van der Waals surface area contributed by atoms with Crippen LogP contribution >= 0.6 is 0 Å². The van der Waals surface area contributed by atoms with Crippen molar-refractivity contribution in [1.82, 2.24) is 14.1 Å². The monoisotopic (exact) mass is 479 g/mol. The van der Waals surface area contributed by atoms with E-state index in [4.69, 9.17) is 4.74 Å². The lowest BCUT2D eigenvalue weighted by atomic mass is 9.98. The summed E-state index contributed by atoms with van der Waals surface area (Å²) in [7, 11) is -2.60. The Hall–Kier alpha value is -2.95. The lowest BCUT2D eigenvalue weighted by Gasteiger charge is -2.32. The minimum absolute atomic E-state index is 0.0253. The van der Waals surface area contributed by atoms with Crippen molar-refractivity contribution in [3.05, 3.63) is 29.3 Å². The number of hydrogen-bond donors (Lipinski definition) is 0. The van der Waals surface area contributed by atoms with Crippen molar-refractivity contribution in [2.24, 2.45) is 5.92 Å². The van der Waals surface area contributed by atoms with Gasteiger partial charge in [-0.1, -0.05) is 0 Å². The smallest absolute Gasteiger partial charge is 0.310 e. The van der Waals surface area contributed by atoms with Gasteiger partial charge in [0.05, 0.1) is 24.6 Å². The highest BCUT2D eigenvalue weighted by atomic mass is 32.2. The van der Waals surface area contributed by atoms with E-state index >= 15 is 0 Å². The number of sulfonamides is 1. The van der Waals surface area contributed by atoms with E-state index in [1.54, 1.807) is 25.7 Å². The van der Waals surface area contributed by atoms with Crippen molar-refractivity contribution in [2.75, 3.05) is 33.3 Å². The lowest BCUT2D eigenvalue weighted by Crippen LogP contribution is -2.47. The second kappa shape index (κ2) is 9.50. The van der Waals surface area contributed by atoms with Gasteiger partial charge in [0.2, 0.25) is 5.91 Å². The first-order valence-electron chi connectivity index (χ1n) is 10.9. The van der Waals surface area contributed by atoms with Gasteiger partial charge in [0.15, 0.2) is 0 Å². The van der Waals surface area contributed by atoms with Crippen LogP contribution in [0.4, 0.5) is 0 Å². The highest BCUT2D eigenvalue weighted by Gasteiger charge is 2.43. The van der Waals surface area contributed by atoms with Crippen LogP contribution in [0.2, 0.25) is 0 Å². The van der Waals surface area contributed by atoms with Crippen LogP contribution in [-0.2, 0) is 24.3 Å². The number of fused-ring (bicyclic) bond motifs is 1. The normalized spacial score (nSPS) is 19.4. The molecule has 11 heteroatoms. The van der Waals surface area contributed by atoms with E-state index in [-0.39, 0.29) is 53.5 Å². The molecule has 0 bridgehead atoms. The third-order valence-electron chi connectivity index (χ3n) is 5.78. The second-order valence-corrected chi connectivity index (χ2v) is 10.3. The standard InChI is InChI=1S/C22H29N3O7S/c1-5-32-22(29)16-7-6-10-24(12-16)19(26)13-23(4)20(27)15-8-9-17-18(11-15)33(30,31)25(14(2)3)21(17)28/h8-9,11,14,16H,5-7,10,12-13H2,1-4H3. The van der Waals surface area contributed by atoms with Gasteiger partial charge >= 0.3 is 5.97 Å². The topological polar surface area (TPSA) is 121 Å². The maximum Gasteiger partial charge on any atom is 0.310 e. The average molecular weight is 480 g/mol. The Labute approximate surface area is 193 Å². The number of carbonyl (C=O) groups is 4. The number of benzene rings is 1. The zero-order valence-electron chi connectivity index (χ0n) is 19.2. The van der Waals surface area contributed by atoms with Crippen LogP contribution in [0.5, 0.6) is 0 Å². The largest absolute Gasteiger partial charge is 0.466 e. The Morgan fingerprint density at radius 2 is 1.94 bits per heavy atom. The van der Waals surface area contributed by atoms with Gasteiger partial charge in [-0.3, -0.25) is 19.2 Å². The third kappa shape index (κ3) is 4.73. The zero-order valence-corrected chi connectivity index (χ0v) is 20.1. The van der Waals surface area contributed by atoms with E-state index < -0.39 is 27.9 Å². The predicted octanol–water partition coefficient (Wildman–Crippen LogP) is 1.11. The van der Waals surface area contributed by atoms with Crippen LogP contribution in [-0.4, -0.2) is 85.5 Å². The number of carbonyl (C=O) groups excluding carboxylic acids is 4. The van der Waals surface area contributed by atoms with Crippen LogP contribution in [0, 0.1) is 5.92 Å². The number of amides is 3. The number of likely N-dealkylation sites (tertiary alicyclic amines) is 1. The number of ether oxygens (including phenoxy) is 1. The van der Waals surface area contributed by atoms with E-state index in [2.05, 4.69) is 0 Å². The molecule has 1 aromatic rings. The summed E-state index contributed by atoms with van der Waals surface area (Å²) in [5.41, 5.74) is 0.0892. The maximum absolute atomic E-state index is 12.9. The van der Waals surface area contributed by atoms with E-state index in [1.807, 2.05) is 0 Å². The molecule has 1 saturated heterocycles. The first-order chi connectivity index (χ1) is 15.5. The fourth-order valence-corrected chi connectivity index (χ4v) is 5.94. The molecule has 1 atom stereocenters. The molecule has 2 aliphatic heterocycles. The van der Waals surface area contributed by atoms with Gasteiger partial charge in [0.25, 0.3) is 21.8 Å². The zero-order chi connectivity index (χ0) is 24.5. The van der Waals surface area contributed by atoms with Crippen molar-refractivity contribution in [3.8, 4) is 0 Å². The molecular weight excluding hydrogens is 450 g/mol. The number of likely N-dealkylation sites (N-methyl/N-ethyl adjacent to an activating group) is 1. The number of nitrogens with zero attached hydrogens (tertiary/aromatic N) is 3. The molecule has 3 rings (SSSR count). The Bertz CT molecular complexity index is 1080. The Kier molecular flexibility index (Phi) is 7.11. The van der Waals surface area contributed by atoms with E-state index in [1.165, 1.54) is 30.1 Å². The lowest BCUT2D eigenvalue weighted by molar-refractivity contribution is -0.151. The predicted molar refractivity (Wildman–Crippen MR) is 118 cm³/mol. The van der Waals surface area contributed by atoms with Crippen LogP contribution in [0.25, 0.3) is 0 Å². The summed E-state index contributed by atoms with van der Waals surface area (Å²) >= 11 is 0. The van der Waals surface area contributed by atoms with Gasteiger partial charge in [-0.25, -0.2) is 12.7 Å². The molecule has 2 heterocycles. The molecule has 180 valence electrons. The molecule has 0 saturated carbocycles. The summed E-state index contributed by atoms with van der Waals surface area (Å²) in [6.07, 6.45) is 1.31. The van der Waals surface area contributed by atoms with Crippen molar-refractivity contribution >= 4 is 33.7 Å². The molecule has 1 aromatic carbocycles. The van der Waals surface area contributed by atoms with Gasteiger partial charge in [-0.05, 0) is 51.8 Å². The average Bonchev–Trinajstić information content (AvgIpc) is 2.98. The molecule has 0 aromatic heterocycles. The summed E-state index contributed by atoms with van der Waals surface area (Å²) in [6, 6.07) is 3.34. The van der Waals surface area contributed by atoms with Crippen LogP contribution in [0.15, 0.2) is 23.1 Å². The first-order valence-corrected chi connectivity index (χ1v) is 12.4. The number of esters is 1. The number of piperidine rings is 1. The molecule has 0 radical (unpaired) electrons. The van der Waals surface area contributed by atoms with E-state index in [0.29, 0.717) is 19.4 Å². The molecule has 1 fully saturated rings. The minimum atomic E-state index is -4.04. The maximum atomic E-state index is 12.9. The molecular formula is C22H29N3O7S. The molecule has 33 heavy (non-hydrogen) atoms. The van der Waals surface area contributed by atoms with Crippen molar-refractivity contribution in [3.63, 3.8) is 0 Å². The van der Waals surface area contributed by atoms with Gasteiger partial charge < -0.3 is 14.5 Å². The Morgan fingerprint density at radius 1 is 1.24 bits per heavy atom. The first kappa shape index (κ1) is 24.7. The second-order valence-electron chi connectivity index (χ2n) is 8.50. The van der Waals surface area contributed by atoms with E-state index in [9.17, 15) is 27.6 Å². The highest BCUT2D eigenvalue weighted by molar-refractivity contribution is 7.90. The van der Waals surface area contributed by atoms with E-state index in [0.717, 1.165) is 4.31 Å². The van der Waals surface area contributed by atoms with Crippen molar-refractivity contribution in [2.45, 2.75) is 44.6 Å². The van der Waals surface area contributed by atoms with Gasteiger partial charge in [-0.2, -0.15) is 0 Å². The van der Waals surface area contributed by atoms with Crippen LogP contribution in [0.1, 0.15) is 54.3 Å². The van der Waals surface area contributed by atoms with Crippen LogP contribution < -0.4 is 0 Å². The summed E-state index contributed by atoms with van der Waals surface area (Å²) in [6.45, 7) is 5.70. The van der Waals surface area contributed by atoms with Gasteiger partial charge in [-0.15, -0.1) is 0 Å². The molecule has 10 nitrogen and oxygen atoms in total. The van der Waals surface area contributed by atoms with Gasteiger partial charge in [0.1, 0.15) is 4.90 Å². The third-order valence-corrected chi connectivity index (χ3v) is 7.78. The minimum Gasteiger partial charge on any atom is -0.466 e. The number of hydrogen-bond acceptors (Lipinski definition) is 7. The number of rotatable bonds is 6. The summed E-state index contributed by atoms with van der Waals surface area (Å²) in [5.74, 6) is -2.19. The van der Waals surface area contributed by atoms with Crippen molar-refractivity contribution in [1.29, 1.82) is 0 Å². The molecule has 2 aliphatic rings. The Morgan fingerprint density at radius 3 is 2.58 bits per heavy atom. The molecule has 0 aliphatic carbocycles. The molecule has 1 unspecified atom stereocenters. The molecule has 3 amide bonds. The van der Waals surface area contributed by atoms with Crippen LogP contribution in [0.3, 0.4) is 0 Å². The fourth-order valence-electron chi connectivity index (χ4n) is 4.14. The van der Waals surface area contributed by atoms with Gasteiger partial charge in [0, 0.05) is 31.7 Å². The molecule has 0 spiro atoms. The Balaban J connectivity index is 1.71. The SMILES string of the molecule is CCOC(=O)C1CCCN(C(=O)CN(C)C(=O)c2ccc3c(c2)S(=O)(=O)N(C(C)C)C3=O)C1. The molecule has 0 N–H and O–H groups in total.